The largest absolute Gasteiger partial charge is 0.495 e. The average Bonchev–Trinajstić information content (AvgIpc) is 3.19. The molecule has 0 fully saturated rings. The van der Waals surface area contributed by atoms with Gasteiger partial charge in [-0.1, -0.05) is 18.5 Å². The molecule has 31 heavy (non-hydrogen) atoms. The number of methoxy groups -OCH3 is 1. The van der Waals surface area contributed by atoms with Gasteiger partial charge in [-0.25, -0.2) is 0 Å². The third-order valence-corrected chi connectivity index (χ3v) is 4.72. The number of primary amides is 1. The van der Waals surface area contributed by atoms with Crippen LogP contribution in [0.25, 0.3) is 22.6 Å². The van der Waals surface area contributed by atoms with Crippen LogP contribution in [-0.2, 0) is 11.0 Å². The predicted molar refractivity (Wildman–Crippen MR) is 105 cm³/mol. The average molecular weight is 457 g/mol. The van der Waals surface area contributed by atoms with E-state index in [1.165, 1.54) is 37.6 Å². The van der Waals surface area contributed by atoms with Crippen LogP contribution in [0.5, 0.6) is 5.75 Å². The second-order valence-electron chi connectivity index (χ2n) is 6.43. The van der Waals surface area contributed by atoms with Gasteiger partial charge in [0.05, 0.1) is 13.3 Å². The highest BCUT2D eigenvalue weighted by Gasteiger charge is 2.38. The number of pyridine rings is 1. The van der Waals surface area contributed by atoms with Gasteiger partial charge in [-0.05, 0) is 30.2 Å². The molecule has 0 radical (unpaired) electrons. The maximum Gasteiger partial charge on any atom is 0.470 e. The topological polar surface area (TPSA) is 113 Å². The van der Waals surface area contributed by atoms with Crippen LogP contribution in [0.1, 0.15) is 25.3 Å². The van der Waals surface area contributed by atoms with Crippen molar-refractivity contribution in [2.75, 3.05) is 7.11 Å². The zero-order valence-corrected chi connectivity index (χ0v) is 17.0. The van der Waals surface area contributed by atoms with Crippen LogP contribution < -0.4 is 16.0 Å². The number of hydrogen-bond donors (Lipinski definition) is 1. The lowest BCUT2D eigenvalue weighted by Gasteiger charge is -2.18. The number of halogens is 4. The number of alkyl halides is 3. The Labute approximate surface area is 178 Å². The molecule has 0 spiro atoms. The minimum atomic E-state index is -4.82. The van der Waals surface area contributed by atoms with Gasteiger partial charge in [-0.3, -0.25) is 14.2 Å². The number of benzene rings is 1. The lowest BCUT2D eigenvalue weighted by atomic mass is 9.99. The van der Waals surface area contributed by atoms with E-state index in [4.69, 9.17) is 26.5 Å². The molecule has 0 saturated heterocycles. The fourth-order valence-electron chi connectivity index (χ4n) is 3.05. The minimum absolute atomic E-state index is 0.102. The number of nitrogens with two attached hydrogens (primary N) is 1. The normalized spacial score (nSPS) is 12.6. The van der Waals surface area contributed by atoms with Crippen molar-refractivity contribution < 1.29 is 27.1 Å². The van der Waals surface area contributed by atoms with E-state index in [9.17, 15) is 22.8 Å². The molecule has 0 aliphatic heterocycles. The molecule has 0 aliphatic rings. The molecule has 0 bridgehead atoms. The number of ether oxygens (including phenoxy) is 1. The van der Waals surface area contributed by atoms with E-state index in [1.807, 2.05) is 0 Å². The van der Waals surface area contributed by atoms with Crippen LogP contribution >= 0.6 is 11.6 Å². The van der Waals surface area contributed by atoms with E-state index >= 15 is 0 Å². The van der Waals surface area contributed by atoms with Crippen molar-refractivity contribution in [2.45, 2.75) is 25.6 Å². The molecule has 1 atom stereocenters. The summed E-state index contributed by atoms with van der Waals surface area (Å²) < 4.78 is 49.9. The number of hydrogen-bond acceptors (Lipinski definition) is 6. The van der Waals surface area contributed by atoms with E-state index in [1.54, 1.807) is 6.92 Å². The van der Waals surface area contributed by atoms with Gasteiger partial charge in [-0.2, -0.15) is 13.2 Å². The molecular formula is C19H16ClF3N4O4. The first kappa shape index (κ1) is 22.3. The van der Waals surface area contributed by atoms with Gasteiger partial charge in [0.1, 0.15) is 11.8 Å². The van der Waals surface area contributed by atoms with Crippen molar-refractivity contribution in [2.24, 2.45) is 5.73 Å². The van der Waals surface area contributed by atoms with Gasteiger partial charge >= 0.3 is 12.1 Å². The predicted octanol–water partition coefficient (Wildman–Crippen LogP) is 3.68. The zero-order valence-electron chi connectivity index (χ0n) is 16.2. The quantitative estimate of drug-likeness (QED) is 0.605. The molecule has 1 amide bonds. The first-order valence-corrected chi connectivity index (χ1v) is 9.25. The Kier molecular flexibility index (Phi) is 6.07. The van der Waals surface area contributed by atoms with Crippen LogP contribution in [0.3, 0.4) is 0 Å². The molecule has 164 valence electrons. The fourth-order valence-corrected chi connectivity index (χ4v) is 3.22. The Morgan fingerprint density at radius 1 is 1.26 bits per heavy atom. The highest BCUT2D eigenvalue weighted by molar-refractivity contribution is 6.31. The molecule has 2 aromatic heterocycles. The van der Waals surface area contributed by atoms with Gasteiger partial charge in [0.2, 0.25) is 11.8 Å². The molecule has 3 aromatic rings. The molecule has 1 unspecified atom stereocenters. The highest BCUT2D eigenvalue weighted by Crippen LogP contribution is 2.39. The van der Waals surface area contributed by atoms with E-state index in [0.29, 0.717) is 0 Å². The Morgan fingerprint density at radius 3 is 2.52 bits per heavy atom. The van der Waals surface area contributed by atoms with Crippen molar-refractivity contribution in [3.05, 3.63) is 51.7 Å². The summed E-state index contributed by atoms with van der Waals surface area (Å²) >= 11 is 6.08. The zero-order chi connectivity index (χ0) is 22.9. The van der Waals surface area contributed by atoms with Gasteiger partial charge in [0.25, 0.3) is 5.56 Å². The number of carbonyl (C=O) groups excluding carboxylic acids is 1. The summed E-state index contributed by atoms with van der Waals surface area (Å²) in [6, 6.07) is 4.49. The van der Waals surface area contributed by atoms with Gasteiger partial charge in [0, 0.05) is 22.2 Å². The summed E-state index contributed by atoms with van der Waals surface area (Å²) in [7, 11) is 1.33. The Morgan fingerprint density at radius 2 is 1.97 bits per heavy atom. The second-order valence-corrected chi connectivity index (χ2v) is 6.86. The Balaban J connectivity index is 2.23. The smallest absolute Gasteiger partial charge is 0.470 e. The number of carbonyl (C=O) groups is 1. The minimum Gasteiger partial charge on any atom is -0.495 e. The van der Waals surface area contributed by atoms with Gasteiger partial charge in [0.15, 0.2) is 0 Å². The van der Waals surface area contributed by atoms with Crippen molar-refractivity contribution in [1.29, 1.82) is 0 Å². The third-order valence-electron chi connectivity index (χ3n) is 4.48. The molecule has 0 saturated carbocycles. The summed E-state index contributed by atoms with van der Waals surface area (Å²) in [5.74, 6) is -2.49. The fraction of sp³-hybridized carbons (Fsp3) is 0.263. The SMILES string of the molecule is CCC(C(N)=O)n1cc(OC)c(-c2cc(Cl)ccc2-c2nnc(C(F)(F)F)o2)cc1=O. The lowest BCUT2D eigenvalue weighted by Crippen LogP contribution is -2.33. The standard InChI is InChI=1S/C19H16ClF3N4O4/c1-3-13(16(24)29)27-8-14(30-2)12(7-15(27)28)11-6-9(20)4-5-10(11)17-25-26-18(31-17)19(21,22)23/h4-8,13H,3H2,1-2H3,(H2,24,29). The van der Waals surface area contributed by atoms with E-state index in [-0.39, 0.29) is 33.9 Å². The number of rotatable bonds is 6. The van der Waals surface area contributed by atoms with Crippen LogP contribution in [0.15, 0.2) is 39.7 Å². The molecule has 0 aliphatic carbocycles. The maximum atomic E-state index is 12.9. The summed E-state index contributed by atoms with van der Waals surface area (Å²) in [5, 5.41) is 6.73. The number of nitrogens with zero attached hydrogens (tertiary/aromatic N) is 3. The van der Waals surface area contributed by atoms with Gasteiger partial charge in [-0.15, -0.1) is 10.2 Å². The molecule has 8 nitrogen and oxygen atoms in total. The van der Waals surface area contributed by atoms with Crippen molar-refractivity contribution in [3.63, 3.8) is 0 Å². The monoisotopic (exact) mass is 456 g/mol. The first-order valence-electron chi connectivity index (χ1n) is 8.87. The molecule has 12 heteroatoms. The van der Waals surface area contributed by atoms with E-state index in [0.717, 1.165) is 4.57 Å². The molecule has 2 N–H and O–H groups in total. The number of amides is 1. The first-order chi connectivity index (χ1) is 14.6. The summed E-state index contributed by atoms with van der Waals surface area (Å²) in [6.45, 7) is 1.69. The highest BCUT2D eigenvalue weighted by atomic mass is 35.5. The summed E-state index contributed by atoms with van der Waals surface area (Å²) in [5.41, 5.74) is 5.32. The Bertz CT molecular complexity index is 1190. The van der Waals surface area contributed by atoms with Crippen LogP contribution in [-0.4, -0.2) is 27.8 Å². The van der Waals surface area contributed by atoms with Crippen LogP contribution in [0, 0.1) is 0 Å². The van der Waals surface area contributed by atoms with Gasteiger partial charge < -0.3 is 14.9 Å². The Hall–Kier alpha value is -3.34. The molecule has 3 rings (SSSR count). The summed E-state index contributed by atoms with van der Waals surface area (Å²) in [6.07, 6.45) is -3.25. The van der Waals surface area contributed by atoms with Crippen LogP contribution in [0.2, 0.25) is 5.02 Å². The van der Waals surface area contributed by atoms with Crippen molar-refractivity contribution in [3.8, 4) is 28.3 Å². The van der Waals surface area contributed by atoms with Crippen molar-refractivity contribution in [1.82, 2.24) is 14.8 Å². The second kappa shape index (κ2) is 8.42. The lowest BCUT2D eigenvalue weighted by molar-refractivity contribution is -0.157. The van der Waals surface area contributed by atoms with E-state index in [2.05, 4.69) is 10.2 Å². The van der Waals surface area contributed by atoms with Crippen LogP contribution in [0.4, 0.5) is 13.2 Å². The third kappa shape index (κ3) is 4.41. The summed E-state index contributed by atoms with van der Waals surface area (Å²) in [4.78, 5) is 24.4. The van der Waals surface area contributed by atoms with E-state index < -0.39 is 35.5 Å². The molecular weight excluding hydrogens is 441 g/mol. The molecule has 2 heterocycles. The van der Waals surface area contributed by atoms with Crippen molar-refractivity contribution >= 4 is 17.5 Å². The number of aromatic nitrogens is 3. The molecule has 1 aromatic carbocycles. The maximum absolute atomic E-state index is 12.9.